The number of hydrogen-bond donors (Lipinski definition) is 2. The summed E-state index contributed by atoms with van der Waals surface area (Å²) in [6.07, 6.45) is 6.00. The first-order valence-corrected chi connectivity index (χ1v) is 9.72. The number of halogens is 2. The Hall–Kier alpha value is -1.12. The average Bonchev–Trinajstić information content (AvgIpc) is 3.26. The summed E-state index contributed by atoms with van der Waals surface area (Å²) in [7, 11) is 3.67. The molecule has 1 amide bonds. The molecule has 2 aromatic heterocycles. The number of hydrogen-bond acceptors (Lipinski definition) is 5. The molecule has 2 N–H and O–H groups in total. The molecule has 0 saturated carbocycles. The molecule has 9 heteroatoms. The van der Waals surface area contributed by atoms with Crippen LogP contribution in [0.15, 0.2) is 29.9 Å². The lowest BCUT2D eigenvalue weighted by Gasteiger charge is -2.32. The number of likely N-dealkylation sites (tertiary alicyclic amines) is 1. The van der Waals surface area contributed by atoms with Gasteiger partial charge < -0.3 is 10.6 Å². The molecule has 0 bridgehead atoms. The maximum atomic E-state index is 12.5. The molecule has 152 valence electrons. The smallest absolute Gasteiger partial charge is 0.241 e. The fourth-order valence-electron chi connectivity index (χ4n) is 3.47. The van der Waals surface area contributed by atoms with E-state index in [9.17, 15) is 4.79 Å². The Kier molecular flexibility index (Phi) is 10.3. The van der Waals surface area contributed by atoms with E-state index >= 15 is 0 Å². The minimum absolute atomic E-state index is 0. The Morgan fingerprint density at radius 1 is 1.44 bits per heavy atom. The van der Waals surface area contributed by atoms with Gasteiger partial charge in [-0.25, -0.2) is 0 Å². The number of aryl methyl sites for hydroxylation is 1. The summed E-state index contributed by atoms with van der Waals surface area (Å²) >= 11 is 1.81. The molecule has 2 atom stereocenters. The van der Waals surface area contributed by atoms with E-state index in [0.29, 0.717) is 5.92 Å². The van der Waals surface area contributed by atoms with Crippen LogP contribution in [0.2, 0.25) is 0 Å². The number of carbonyl (C=O) groups is 1. The highest BCUT2D eigenvalue weighted by atomic mass is 35.5. The van der Waals surface area contributed by atoms with Crippen LogP contribution in [0.25, 0.3) is 0 Å². The molecular weight excluding hydrogens is 405 g/mol. The van der Waals surface area contributed by atoms with Crippen molar-refractivity contribution in [3.63, 3.8) is 0 Å². The first kappa shape index (κ1) is 23.9. The second kappa shape index (κ2) is 11.7. The second-order valence-corrected chi connectivity index (χ2v) is 7.77. The highest BCUT2D eigenvalue weighted by Gasteiger charge is 2.24. The van der Waals surface area contributed by atoms with Crippen LogP contribution >= 0.6 is 36.2 Å². The predicted octanol–water partition coefficient (Wildman–Crippen LogP) is 2.61. The van der Waals surface area contributed by atoms with Crippen molar-refractivity contribution in [2.24, 2.45) is 13.0 Å². The lowest BCUT2D eigenvalue weighted by molar-refractivity contribution is -0.123. The minimum Gasteiger partial charge on any atom is -0.354 e. The molecular formula is C18H29Cl2N5OS. The van der Waals surface area contributed by atoms with Crippen molar-refractivity contribution in [2.45, 2.75) is 25.4 Å². The third-order valence-corrected chi connectivity index (χ3v) is 5.60. The van der Waals surface area contributed by atoms with Crippen LogP contribution in [0.3, 0.4) is 0 Å². The monoisotopic (exact) mass is 433 g/mol. The maximum absolute atomic E-state index is 12.5. The van der Waals surface area contributed by atoms with E-state index in [-0.39, 0.29) is 36.8 Å². The van der Waals surface area contributed by atoms with Crippen LogP contribution in [0.1, 0.15) is 29.3 Å². The van der Waals surface area contributed by atoms with Crippen molar-refractivity contribution in [3.05, 3.63) is 40.3 Å². The summed E-state index contributed by atoms with van der Waals surface area (Å²) in [5, 5.41) is 12.5. The second-order valence-electron chi connectivity index (χ2n) is 6.74. The molecule has 0 aliphatic carbocycles. The number of amides is 1. The molecule has 1 aliphatic rings. The lowest BCUT2D eigenvalue weighted by Crippen LogP contribution is -2.43. The van der Waals surface area contributed by atoms with Crippen LogP contribution in [0, 0.1) is 5.92 Å². The molecule has 3 heterocycles. The largest absolute Gasteiger partial charge is 0.354 e. The zero-order valence-corrected chi connectivity index (χ0v) is 18.2. The highest BCUT2D eigenvalue weighted by molar-refractivity contribution is 7.09. The number of thiophene rings is 1. The standard InChI is InChI=1S/C18H27N5OS.2ClH/c1-19-17(15-10-21-22(2)12-15)18(24)20-9-14-5-3-7-23(11-14)13-16-6-4-8-25-16;;/h4,6,8,10,12,14,17,19H,3,5,7,9,11,13H2,1-2H3,(H,20,24);2*1H. The van der Waals surface area contributed by atoms with Gasteiger partial charge in [-0.1, -0.05) is 6.07 Å². The van der Waals surface area contributed by atoms with Crippen molar-refractivity contribution in [3.8, 4) is 0 Å². The quantitative estimate of drug-likeness (QED) is 0.704. The third kappa shape index (κ3) is 6.76. The van der Waals surface area contributed by atoms with E-state index < -0.39 is 0 Å². The first-order valence-electron chi connectivity index (χ1n) is 8.84. The zero-order valence-electron chi connectivity index (χ0n) is 15.8. The SMILES string of the molecule is CNC(C(=O)NCC1CCCN(Cc2cccs2)C1)c1cnn(C)c1.Cl.Cl. The van der Waals surface area contributed by atoms with E-state index in [1.165, 1.54) is 17.7 Å². The molecule has 27 heavy (non-hydrogen) atoms. The number of likely N-dealkylation sites (N-methyl/N-ethyl adjacent to an activating group) is 1. The van der Waals surface area contributed by atoms with Crippen LogP contribution < -0.4 is 10.6 Å². The van der Waals surface area contributed by atoms with Crippen molar-refractivity contribution >= 4 is 42.1 Å². The number of aromatic nitrogens is 2. The Bertz CT molecular complexity index is 679. The van der Waals surface area contributed by atoms with E-state index in [1.807, 2.05) is 24.6 Å². The Balaban J connectivity index is 0.00000182. The molecule has 2 aromatic rings. The van der Waals surface area contributed by atoms with Crippen LogP contribution in [-0.2, 0) is 18.4 Å². The van der Waals surface area contributed by atoms with Crippen molar-refractivity contribution in [1.29, 1.82) is 0 Å². The van der Waals surface area contributed by atoms with Gasteiger partial charge in [-0.15, -0.1) is 36.2 Å². The van der Waals surface area contributed by atoms with Gasteiger partial charge in [0, 0.05) is 43.3 Å². The highest BCUT2D eigenvalue weighted by Crippen LogP contribution is 2.20. The maximum Gasteiger partial charge on any atom is 0.241 e. The zero-order chi connectivity index (χ0) is 17.6. The third-order valence-electron chi connectivity index (χ3n) is 4.74. The van der Waals surface area contributed by atoms with Crippen molar-refractivity contribution in [1.82, 2.24) is 25.3 Å². The number of nitrogens with one attached hydrogen (secondary N) is 2. The van der Waals surface area contributed by atoms with Gasteiger partial charge in [-0.05, 0) is 43.8 Å². The Labute approximate surface area is 177 Å². The molecule has 3 rings (SSSR count). The van der Waals surface area contributed by atoms with Gasteiger partial charge in [0.1, 0.15) is 6.04 Å². The van der Waals surface area contributed by atoms with Gasteiger partial charge in [0.25, 0.3) is 0 Å². The van der Waals surface area contributed by atoms with Crippen LogP contribution in [-0.4, -0.2) is 47.3 Å². The molecule has 1 saturated heterocycles. The van der Waals surface area contributed by atoms with Crippen molar-refractivity contribution < 1.29 is 4.79 Å². The van der Waals surface area contributed by atoms with Gasteiger partial charge in [0.2, 0.25) is 5.91 Å². The summed E-state index contributed by atoms with van der Waals surface area (Å²) in [4.78, 5) is 16.5. The fraction of sp³-hybridized carbons (Fsp3) is 0.556. The number of nitrogens with zero attached hydrogens (tertiary/aromatic N) is 3. The summed E-state index contributed by atoms with van der Waals surface area (Å²) in [6.45, 7) is 3.96. The van der Waals surface area contributed by atoms with Gasteiger partial charge in [0.15, 0.2) is 0 Å². The predicted molar refractivity (Wildman–Crippen MR) is 115 cm³/mol. The molecule has 1 fully saturated rings. The molecule has 2 unspecified atom stereocenters. The number of piperidine rings is 1. The molecule has 0 radical (unpaired) electrons. The molecule has 1 aliphatic heterocycles. The Morgan fingerprint density at radius 2 is 2.26 bits per heavy atom. The van der Waals surface area contributed by atoms with E-state index in [1.54, 1.807) is 17.9 Å². The molecule has 0 aromatic carbocycles. The summed E-state index contributed by atoms with van der Waals surface area (Å²) in [6, 6.07) is 3.96. The van der Waals surface area contributed by atoms with E-state index in [4.69, 9.17) is 0 Å². The molecule has 0 spiro atoms. The summed E-state index contributed by atoms with van der Waals surface area (Å²) in [5.74, 6) is 0.537. The summed E-state index contributed by atoms with van der Waals surface area (Å²) < 4.78 is 1.72. The van der Waals surface area contributed by atoms with Gasteiger partial charge in [-0.3, -0.25) is 14.4 Å². The summed E-state index contributed by atoms with van der Waals surface area (Å²) in [5.41, 5.74) is 0.894. The lowest BCUT2D eigenvalue weighted by atomic mass is 9.97. The van der Waals surface area contributed by atoms with E-state index in [2.05, 4.69) is 38.1 Å². The van der Waals surface area contributed by atoms with Gasteiger partial charge in [0.05, 0.1) is 6.20 Å². The first-order chi connectivity index (χ1) is 12.2. The van der Waals surface area contributed by atoms with E-state index in [0.717, 1.165) is 31.7 Å². The Morgan fingerprint density at radius 3 is 2.89 bits per heavy atom. The van der Waals surface area contributed by atoms with Crippen LogP contribution in [0.5, 0.6) is 0 Å². The number of rotatable bonds is 7. The van der Waals surface area contributed by atoms with Crippen LogP contribution in [0.4, 0.5) is 0 Å². The van der Waals surface area contributed by atoms with Gasteiger partial charge in [-0.2, -0.15) is 5.10 Å². The minimum atomic E-state index is -0.348. The molecule has 6 nitrogen and oxygen atoms in total. The normalized spacial score (nSPS) is 18.2. The topological polar surface area (TPSA) is 62.2 Å². The number of carbonyl (C=O) groups excluding carboxylic acids is 1. The van der Waals surface area contributed by atoms with Crippen molar-refractivity contribution in [2.75, 3.05) is 26.7 Å². The van der Waals surface area contributed by atoms with Gasteiger partial charge >= 0.3 is 0 Å². The fourth-order valence-corrected chi connectivity index (χ4v) is 4.22. The average molecular weight is 434 g/mol.